The number of carbonyl (C=O) groups excluding carboxylic acids is 1. The fourth-order valence-corrected chi connectivity index (χ4v) is 4.83. The highest BCUT2D eigenvalue weighted by molar-refractivity contribution is 7.90. The molecular formula is C22H13ClF4N2O4S. The van der Waals surface area contributed by atoms with E-state index >= 15 is 0 Å². The first-order valence-electron chi connectivity index (χ1n) is 9.51. The van der Waals surface area contributed by atoms with Crippen molar-refractivity contribution in [3.8, 4) is 5.75 Å². The van der Waals surface area contributed by atoms with Gasteiger partial charge in [-0.05, 0) is 48.0 Å². The summed E-state index contributed by atoms with van der Waals surface area (Å²) >= 11 is 5.94. The summed E-state index contributed by atoms with van der Waals surface area (Å²) in [5.41, 5.74) is 0.231. The maximum Gasteiger partial charge on any atom is 0.573 e. The number of carbonyl (C=O) groups is 1. The summed E-state index contributed by atoms with van der Waals surface area (Å²) in [4.78, 5) is 12.3. The van der Waals surface area contributed by atoms with Crippen molar-refractivity contribution >= 4 is 38.3 Å². The zero-order valence-electron chi connectivity index (χ0n) is 16.9. The minimum absolute atomic E-state index is 0.0448. The number of rotatable bonds is 6. The van der Waals surface area contributed by atoms with Gasteiger partial charge in [0, 0.05) is 11.8 Å². The van der Waals surface area contributed by atoms with Crippen molar-refractivity contribution in [2.24, 2.45) is 0 Å². The summed E-state index contributed by atoms with van der Waals surface area (Å²) in [6.45, 7) is 0. The third-order valence-corrected chi connectivity index (χ3v) is 6.72. The highest BCUT2D eigenvalue weighted by Gasteiger charge is 2.31. The molecule has 0 amide bonds. The van der Waals surface area contributed by atoms with Crippen LogP contribution in [0.2, 0.25) is 5.02 Å². The molecule has 176 valence electrons. The van der Waals surface area contributed by atoms with Gasteiger partial charge in [-0.1, -0.05) is 29.8 Å². The number of hydrogen-bond donors (Lipinski definition) is 0. The van der Waals surface area contributed by atoms with E-state index in [1.807, 2.05) is 0 Å². The molecule has 0 atom stereocenters. The van der Waals surface area contributed by atoms with Crippen LogP contribution in [0.5, 0.6) is 5.75 Å². The Morgan fingerprint density at radius 2 is 1.76 bits per heavy atom. The predicted octanol–water partition coefficient (Wildman–Crippen LogP) is 5.39. The van der Waals surface area contributed by atoms with E-state index in [4.69, 9.17) is 11.6 Å². The van der Waals surface area contributed by atoms with E-state index in [1.165, 1.54) is 24.4 Å². The van der Waals surface area contributed by atoms with Crippen LogP contribution in [0.15, 0.2) is 71.8 Å². The van der Waals surface area contributed by atoms with Crippen LogP contribution in [0, 0.1) is 5.82 Å². The number of nitrogens with zero attached hydrogens (tertiary/aromatic N) is 2. The van der Waals surface area contributed by atoms with E-state index in [1.54, 1.807) is 12.1 Å². The molecule has 34 heavy (non-hydrogen) atoms. The maximum absolute atomic E-state index is 14.1. The van der Waals surface area contributed by atoms with Crippen LogP contribution in [0.1, 0.15) is 15.9 Å². The van der Waals surface area contributed by atoms with Crippen LogP contribution in [0.25, 0.3) is 10.9 Å². The molecule has 4 aromatic rings. The molecule has 0 aliphatic carbocycles. The summed E-state index contributed by atoms with van der Waals surface area (Å²) < 4.78 is 81.7. The lowest BCUT2D eigenvalue weighted by Gasteiger charge is -2.10. The van der Waals surface area contributed by atoms with Crippen LogP contribution in [0.3, 0.4) is 0 Å². The number of halogens is 5. The molecule has 0 aliphatic rings. The Morgan fingerprint density at radius 3 is 2.41 bits per heavy atom. The zero-order valence-corrected chi connectivity index (χ0v) is 18.5. The number of aromatic nitrogens is 2. The van der Waals surface area contributed by atoms with E-state index < -0.39 is 33.7 Å². The van der Waals surface area contributed by atoms with Gasteiger partial charge in [0.15, 0.2) is 5.78 Å². The second-order valence-electron chi connectivity index (χ2n) is 7.10. The fourth-order valence-electron chi connectivity index (χ4n) is 3.29. The molecule has 0 radical (unpaired) electrons. The van der Waals surface area contributed by atoms with Crippen molar-refractivity contribution in [3.05, 3.63) is 88.8 Å². The van der Waals surface area contributed by atoms with E-state index in [9.17, 15) is 30.8 Å². The van der Waals surface area contributed by atoms with Gasteiger partial charge >= 0.3 is 6.36 Å². The number of ether oxygens (including phenoxy) is 1. The Balaban J connectivity index is 1.66. The van der Waals surface area contributed by atoms with Gasteiger partial charge in [0.25, 0.3) is 10.0 Å². The first kappa shape index (κ1) is 23.7. The van der Waals surface area contributed by atoms with E-state index in [2.05, 4.69) is 9.84 Å². The standard InChI is InChI=1S/C22H13ClF4N2O4S/c23-17-2-1-3-18(24)21(17)20(30)11-13-4-5-14-12-28-29(19(14)10-13)34(31,32)16-8-6-15(7-9-16)33-22(25,26)27/h1-10,12H,11H2. The molecular weight excluding hydrogens is 500 g/mol. The van der Waals surface area contributed by atoms with Crippen molar-refractivity contribution in [3.63, 3.8) is 0 Å². The Bertz CT molecular complexity index is 1480. The monoisotopic (exact) mass is 512 g/mol. The molecule has 0 N–H and O–H groups in total. The predicted molar refractivity (Wildman–Crippen MR) is 115 cm³/mol. The summed E-state index contributed by atoms with van der Waals surface area (Å²) in [6, 6.07) is 12.0. The van der Waals surface area contributed by atoms with E-state index in [-0.39, 0.29) is 27.4 Å². The number of hydrogen-bond acceptors (Lipinski definition) is 5. The highest BCUT2D eigenvalue weighted by Crippen LogP contribution is 2.27. The Hall–Kier alpha value is -3.44. The molecule has 12 heteroatoms. The SMILES string of the molecule is O=C(Cc1ccc2cnn(S(=O)(=O)c3ccc(OC(F)(F)F)cc3)c2c1)c1c(F)cccc1Cl. The second-order valence-corrected chi connectivity index (χ2v) is 9.28. The molecule has 0 saturated carbocycles. The third-order valence-electron chi connectivity index (χ3n) is 4.79. The van der Waals surface area contributed by atoms with Crippen molar-refractivity contribution in [1.82, 2.24) is 9.19 Å². The summed E-state index contributed by atoms with van der Waals surface area (Å²) in [6.07, 6.45) is -3.89. The Kier molecular flexibility index (Phi) is 6.09. The quantitative estimate of drug-likeness (QED) is 0.256. The summed E-state index contributed by atoms with van der Waals surface area (Å²) in [7, 11) is -4.29. The number of Topliss-reactive ketones (excluding diaryl/α,β-unsaturated/α-hetero) is 1. The van der Waals surface area contributed by atoms with Gasteiger partial charge in [-0.3, -0.25) is 4.79 Å². The van der Waals surface area contributed by atoms with Gasteiger partial charge in [0.2, 0.25) is 0 Å². The smallest absolute Gasteiger partial charge is 0.406 e. The van der Waals surface area contributed by atoms with Gasteiger partial charge in [-0.2, -0.15) is 17.6 Å². The molecule has 4 rings (SSSR count). The van der Waals surface area contributed by atoms with Gasteiger partial charge in [0.1, 0.15) is 11.6 Å². The average molecular weight is 513 g/mol. The molecule has 1 aromatic heterocycles. The molecule has 3 aromatic carbocycles. The third kappa shape index (κ3) is 4.75. The summed E-state index contributed by atoms with van der Waals surface area (Å²) in [5.74, 6) is -1.95. The molecule has 0 spiro atoms. The maximum atomic E-state index is 14.1. The lowest BCUT2D eigenvalue weighted by molar-refractivity contribution is -0.274. The number of benzene rings is 3. The van der Waals surface area contributed by atoms with Crippen molar-refractivity contribution in [1.29, 1.82) is 0 Å². The molecule has 0 aliphatic heterocycles. The van der Waals surface area contributed by atoms with Crippen molar-refractivity contribution < 1.29 is 35.5 Å². The molecule has 0 saturated heterocycles. The van der Waals surface area contributed by atoms with Gasteiger partial charge in [0.05, 0.1) is 27.2 Å². The van der Waals surface area contributed by atoms with Gasteiger partial charge in [-0.25, -0.2) is 4.39 Å². The first-order valence-corrected chi connectivity index (χ1v) is 11.3. The minimum Gasteiger partial charge on any atom is -0.406 e. The second kappa shape index (κ2) is 8.73. The van der Waals surface area contributed by atoms with E-state index in [0.29, 0.717) is 15.0 Å². The highest BCUT2D eigenvalue weighted by atomic mass is 35.5. The van der Waals surface area contributed by atoms with Crippen LogP contribution in [0.4, 0.5) is 17.6 Å². The summed E-state index contributed by atoms with van der Waals surface area (Å²) in [5, 5.41) is 4.27. The van der Waals surface area contributed by atoms with Crippen LogP contribution in [-0.2, 0) is 16.4 Å². The normalized spacial score (nSPS) is 12.1. The van der Waals surface area contributed by atoms with Crippen LogP contribution >= 0.6 is 11.6 Å². The Morgan fingerprint density at radius 1 is 1.06 bits per heavy atom. The van der Waals surface area contributed by atoms with Crippen LogP contribution < -0.4 is 4.74 Å². The zero-order chi connectivity index (χ0) is 24.7. The molecule has 0 bridgehead atoms. The Labute approximate surface area is 195 Å². The topological polar surface area (TPSA) is 78.3 Å². The average Bonchev–Trinajstić information content (AvgIpc) is 3.17. The number of ketones is 1. The molecule has 0 unspecified atom stereocenters. The number of alkyl halides is 3. The fraction of sp³-hybridized carbons (Fsp3) is 0.0909. The lowest BCUT2D eigenvalue weighted by Crippen LogP contribution is -2.17. The van der Waals surface area contributed by atoms with Crippen molar-refractivity contribution in [2.45, 2.75) is 17.7 Å². The molecule has 6 nitrogen and oxygen atoms in total. The molecule has 0 fully saturated rings. The number of fused-ring (bicyclic) bond motifs is 1. The van der Waals surface area contributed by atoms with Crippen LogP contribution in [-0.4, -0.2) is 29.7 Å². The first-order chi connectivity index (χ1) is 16.0. The largest absolute Gasteiger partial charge is 0.573 e. The lowest BCUT2D eigenvalue weighted by atomic mass is 10.0. The van der Waals surface area contributed by atoms with E-state index in [0.717, 1.165) is 30.3 Å². The van der Waals surface area contributed by atoms with Gasteiger partial charge in [-0.15, -0.1) is 13.2 Å². The molecule has 1 heterocycles. The van der Waals surface area contributed by atoms with Crippen molar-refractivity contribution in [2.75, 3.05) is 0 Å². The minimum atomic E-state index is -4.92. The van der Waals surface area contributed by atoms with Gasteiger partial charge < -0.3 is 4.74 Å².